The molecule has 1 aromatic carbocycles. The van der Waals surface area contributed by atoms with Crippen molar-refractivity contribution < 1.29 is 14.8 Å². The summed E-state index contributed by atoms with van der Waals surface area (Å²) in [6.07, 6.45) is 0. The van der Waals surface area contributed by atoms with E-state index in [1.54, 1.807) is 6.92 Å². The number of carboxylic acid groups (broad SMARTS) is 1. The largest absolute Gasteiger partial charge is 0.478 e. The summed E-state index contributed by atoms with van der Waals surface area (Å²) in [4.78, 5) is 23.5. The van der Waals surface area contributed by atoms with Gasteiger partial charge in [-0.25, -0.2) is 4.79 Å². The highest BCUT2D eigenvalue weighted by molar-refractivity contribution is 5.90. The lowest BCUT2D eigenvalue weighted by atomic mass is 10.1. The Balaban J connectivity index is 3.53. The van der Waals surface area contributed by atoms with Crippen LogP contribution in [0.25, 0.3) is 0 Å². The standard InChI is InChI=1S/C13H18N2O4/c1-5-14(8(2)3)11-6-10(13(16)17)7-12(9(11)4)15(18)19/h6-8H,5H2,1-4H3,(H,16,17). The van der Waals surface area contributed by atoms with Crippen LogP contribution in [0.5, 0.6) is 0 Å². The van der Waals surface area contributed by atoms with E-state index in [0.717, 1.165) is 6.07 Å². The monoisotopic (exact) mass is 266 g/mol. The van der Waals surface area contributed by atoms with Gasteiger partial charge in [-0.15, -0.1) is 0 Å². The minimum Gasteiger partial charge on any atom is -0.478 e. The van der Waals surface area contributed by atoms with E-state index in [0.29, 0.717) is 17.8 Å². The third-order valence-corrected chi connectivity index (χ3v) is 3.07. The van der Waals surface area contributed by atoms with Crippen LogP contribution in [0.3, 0.4) is 0 Å². The number of benzene rings is 1. The third-order valence-electron chi connectivity index (χ3n) is 3.07. The van der Waals surface area contributed by atoms with Crippen molar-refractivity contribution in [2.45, 2.75) is 33.7 Å². The minimum atomic E-state index is -1.16. The number of rotatable bonds is 5. The van der Waals surface area contributed by atoms with Crippen LogP contribution in [-0.4, -0.2) is 28.6 Å². The first kappa shape index (κ1) is 14.9. The van der Waals surface area contributed by atoms with Crippen molar-refractivity contribution >= 4 is 17.3 Å². The molecule has 0 aromatic heterocycles. The molecule has 0 saturated heterocycles. The van der Waals surface area contributed by atoms with Gasteiger partial charge in [0, 0.05) is 24.3 Å². The van der Waals surface area contributed by atoms with Gasteiger partial charge < -0.3 is 10.0 Å². The van der Waals surface area contributed by atoms with E-state index < -0.39 is 10.9 Å². The van der Waals surface area contributed by atoms with E-state index in [-0.39, 0.29) is 17.3 Å². The van der Waals surface area contributed by atoms with Gasteiger partial charge in [-0.05, 0) is 33.8 Å². The summed E-state index contributed by atoms with van der Waals surface area (Å²) in [6, 6.07) is 2.73. The molecule has 1 rings (SSSR count). The maximum Gasteiger partial charge on any atom is 0.336 e. The highest BCUT2D eigenvalue weighted by Crippen LogP contribution is 2.31. The third kappa shape index (κ3) is 3.01. The molecule has 0 aliphatic rings. The first-order chi connectivity index (χ1) is 8.79. The average Bonchev–Trinajstić information content (AvgIpc) is 2.30. The molecule has 0 aliphatic carbocycles. The highest BCUT2D eigenvalue weighted by Gasteiger charge is 2.22. The fourth-order valence-electron chi connectivity index (χ4n) is 2.11. The Morgan fingerprint density at radius 2 is 2.05 bits per heavy atom. The lowest BCUT2D eigenvalue weighted by molar-refractivity contribution is -0.385. The van der Waals surface area contributed by atoms with E-state index in [1.165, 1.54) is 6.07 Å². The number of carbonyl (C=O) groups is 1. The van der Waals surface area contributed by atoms with Crippen LogP contribution in [-0.2, 0) is 0 Å². The predicted octanol–water partition coefficient (Wildman–Crippen LogP) is 2.84. The number of nitrogens with zero attached hydrogens (tertiary/aromatic N) is 2. The number of anilines is 1. The van der Waals surface area contributed by atoms with Crippen molar-refractivity contribution in [1.29, 1.82) is 0 Å². The first-order valence-electron chi connectivity index (χ1n) is 6.08. The number of nitro benzene ring substituents is 1. The van der Waals surface area contributed by atoms with Crippen molar-refractivity contribution in [2.24, 2.45) is 0 Å². The smallest absolute Gasteiger partial charge is 0.336 e. The summed E-state index contributed by atoms with van der Waals surface area (Å²) in [5.74, 6) is -1.16. The molecule has 0 unspecified atom stereocenters. The molecule has 0 amide bonds. The maximum atomic E-state index is 11.1. The molecule has 0 heterocycles. The Kier molecular flexibility index (Phi) is 4.47. The second-order valence-electron chi connectivity index (χ2n) is 4.58. The van der Waals surface area contributed by atoms with Crippen LogP contribution in [0.1, 0.15) is 36.7 Å². The molecule has 1 N–H and O–H groups in total. The number of hydrogen-bond acceptors (Lipinski definition) is 4. The molecule has 104 valence electrons. The van der Waals surface area contributed by atoms with Crippen LogP contribution in [0, 0.1) is 17.0 Å². The van der Waals surface area contributed by atoms with Crippen LogP contribution >= 0.6 is 0 Å². The van der Waals surface area contributed by atoms with Crippen molar-refractivity contribution in [1.82, 2.24) is 0 Å². The van der Waals surface area contributed by atoms with Gasteiger partial charge in [0.2, 0.25) is 0 Å². The molecule has 1 aromatic rings. The molecule has 0 atom stereocenters. The summed E-state index contributed by atoms with van der Waals surface area (Å²) in [7, 11) is 0. The fourth-order valence-corrected chi connectivity index (χ4v) is 2.11. The molecule has 0 aliphatic heterocycles. The predicted molar refractivity (Wildman–Crippen MR) is 72.9 cm³/mol. The zero-order valence-corrected chi connectivity index (χ0v) is 11.5. The quantitative estimate of drug-likeness (QED) is 0.654. The van der Waals surface area contributed by atoms with Crippen LogP contribution in [0.2, 0.25) is 0 Å². The van der Waals surface area contributed by atoms with Crippen molar-refractivity contribution in [3.8, 4) is 0 Å². The molecule has 0 spiro atoms. The molecule has 6 nitrogen and oxygen atoms in total. The van der Waals surface area contributed by atoms with E-state index in [1.807, 2.05) is 25.7 Å². The highest BCUT2D eigenvalue weighted by atomic mass is 16.6. The van der Waals surface area contributed by atoms with Gasteiger partial charge in [-0.3, -0.25) is 10.1 Å². The summed E-state index contributed by atoms with van der Waals surface area (Å²) < 4.78 is 0. The Morgan fingerprint density at radius 1 is 1.47 bits per heavy atom. The number of carboxylic acids is 1. The second kappa shape index (κ2) is 5.69. The number of nitro groups is 1. The van der Waals surface area contributed by atoms with Gasteiger partial charge in [0.25, 0.3) is 5.69 Å². The molecule has 0 saturated carbocycles. The van der Waals surface area contributed by atoms with Gasteiger partial charge in [0.1, 0.15) is 0 Å². The Bertz CT molecular complexity index is 512. The first-order valence-corrected chi connectivity index (χ1v) is 6.08. The van der Waals surface area contributed by atoms with Gasteiger partial charge in [-0.2, -0.15) is 0 Å². The normalized spacial score (nSPS) is 10.6. The van der Waals surface area contributed by atoms with Crippen LogP contribution in [0.4, 0.5) is 11.4 Å². The van der Waals surface area contributed by atoms with Crippen LogP contribution in [0.15, 0.2) is 12.1 Å². The van der Waals surface area contributed by atoms with Crippen molar-refractivity contribution in [3.63, 3.8) is 0 Å². The molecule has 19 heavy (non-hydrogen) atoms. The minimum absolute atomic E-state index is 0.0635. The van der Waals surface area contributed by atoms with E-state index in [9.17, 15) is 14.9 Å². The van der Waals surface area contributed by atoms with Gasteiger partial charge in [-0.1, -0.05) is 0 Å². The zero-order valence-electron chi connectivity index (χ0n) is 11.5. The average molecular weight is 266 g/mol. The Labute approximate surface area is 111 Å². The molecule has 0 bridgehead atoms. The molecule has 0 fully saturated rings. The number of aromatic carboxylic acids is 1. The van der Waals surface area contributed by atoms with E-state index >= 15 is 0 Å². The molecule has 6 heteroatoms. The fraction of sp³-hybridized carbons (Fsp3) is 0.462. The van der Waals surface area contributed by atoms with E-state index in [4.69, 9.17) is 5.11 Å². The summed E-state index contributed by atoms with van der Waals surface area (Å²) in [5.41, 5.74) is 0.870. The Morgan fingerprint density at radius 3 is 2.42 bits per heavy atom. The summed E-state index contributed by atoms with van der Waals surface area (Å²) in [6.45, 7) is 8.14. The lowest BCUT2D eigenvalue weighted by Gasteiger charge is -2.29. The molecular weight excluding hydrogens is 248 g/mol. The zero-order chi connectivity index (χ0) is 14.7. The van der Waals surface area contributed by atoms with Gasteiger partial charge in [0.15, 0.2) is 0 Å². The molecule has 0 radical (unpaired) electrons. The topological polar surface area (TPSA) is 83.7 Å². The summed E-state index contributed by atoms with van der Waals surface area (Å²) >= 11 is 0. The Hall–Kier alpha value is -2.11. The lowest BCUT2D eigenvalue weighted by Crippen LogP contribution is -2.31. The van der Waals surface area contributed by atoms with Crippen molar-refractivity contribution in [2.75, 3.05) is 11.4 Å². The van der Waals surface area contributed by atoms with Gasteiger partial charge in [0.05, 0.1) is 16.1 Å². The summed E-state index contributed by atoms with van der Waals surface area (Å²) in [5, 5.41) is 20.1. The van der Waals surface area contributed by atoms with Crippen LogP contribution < -0.4 is 4.90 Å². The van der Waals surface area contributed by atoms with E-state index in [2.05, 4.69) is 0 Å². The second-order valence-corrected chi connectivity index (χ2v) is 4.58. The maximum absolute atomic E-state index is 11.1. The SMILES string of the molecule is CCN(c1cc(C(=O)O)cc([N+](=O)[O-])c1C)C(C)C. The van der Waals surface area contributed by atoms with Gasteiger partial charge >= 0.3 is 5.97 Å². The molecular formula is C13H18N2O4. The number of hydrogen-bond donors (Lipinski definition) is 1. The van der Waals surface area contributed by atoms with Crippen molar-refractivity contribution in [3.05, 3.63) is 33.4 Å².